The first-order valence-electron chi connectivity index (χ1n) is 9.50. The second-order valence-corrected chi connectivity index (χ2v) is 8.15. The Morgan fingerprint density at radius 3 is 2.65 bits per heavy atom. The first-order valence-corrected chi connectivity index (χ1v) is 10.7. The minimum atomic E-state index is -0.153. The number of rotatable bonds is 15. The van der Waals surface area contributed by atoms with Crippen LogP contribution in [-0.2, 0) is 9.53 Å². The predicted molar refractivity (Wildman–Crippen MR) is 98.8 cm³/mol. The highest BCUT2D eigenvalue weighted by atomic mass is 32.2. The number of esters is 1. The Balaban J connectivity index is 1.88. The zero-order valence-electron chi connectivity index (χ0n) is 15.1. The second kappa shape index (κ2) is 13.1. The molecule has 136 valence electrons. The molecule has 0 aliphatic heterocycles. The monoisotopic (exact) mass is 344 g/mol. The summed E-state index contributed by atoms with van der Waals surface area (Å²) in [5, 5.41) is 10.1. The van der Waals surface area contributed by atoms with Crippen LogP contribution in [0.5, 0.6) is 0 Å². The minimum absolute atomic E-state index is 0.145. The molecule has 0 aromatic heterocycles. The molecule has 1 aliphatic rings. The standard InChI is InChI=1S/C19H36O3S/c1-3-4-5-6-7-8-9-16-14-17(16)15-18(20)10-12-23-13-11-19(21)22-2/h16-18,20H,3-15H2,1-2H3. The van der Waals surface area contributed by atoms with Crippen molar-refractivity contribution in [1.29, 1.82) is 0 Å². The molecule has 1 aliphatic carbocycles. The molecular weight excluding hydrogens is 308 g/mol. The van der Waals surface area contributed by atoms with Gasteiger partial charge >= 0.3 is 5.97 Å². The average Bonchev–Trinajstić information content (AvgIpc) is 3.27. The zero-order chi connectivity index (χ0) is 16.9. The van der Waals surface area contributed by atoms with Crippen LogP contribution in [0, 0.1) is 11.8 Å². The van der Waals surface area contributed by atoms with Crippen LogP contribution in [0.3, 0.4) is 0 Å². The van der Waals surface area contributed by atoms with Gasteiger partial charge in [-0.1, -0.05) is 51.9 Å². The molecule has 0 amide bonds. The van der Waals surface area contributed by atoms with Gasteiger partial charge in [-0.25, -0.2) is 0 Å². The van der Waals surface area contributed by atoms with E-state index in [0.29, 0.717) is 6.42 Å². The van der Waals surface area contributed by atoms with Gasteiger partial charge < -0.3 is 9.84 Å². The smallest absolute Gasteiger partial charge is 0.306 e. The van der Waals surface area contributed by atoms with Crippen LogP contribution < -0.4 is 0 Å². The van der Waals surface area contributed by atoms with Crippen molar-refractivity contribution < 1.29 is 14.6 Å². The van der Waals surface area contributed by atoms with E-state index in [2.05, 4.69) is 11.7 Å². The molecule has 1 rings (SSSR count). The average molecular weight is 345 g/mol. The molecule has 0 aromatic carbocycles. The number of carbonyl (C=O) groups excluding carboxylic acids is 1. The molecule has 0 heterocycles. The molecule has 1 N–H and O–H groups in total. The van der Waals surface area contributed by atoms with Crippen LogP contribution in [0.15, 0.2) is 0 Å². The third-order valence-corrected chi connectivity index (χ3v) is 5.86. The summed E-state index contributed by atoms with van der Waals surface area (Å²) < 4.78 is 4.61. The Labute approximate surface area is 146 Å². The van der Waals surface area contributed by atoms with Crippen molar-refractivity contribution in [3.63, 3.8) is 0 Å². The van der Waals surface area contributed by atoms with Crippen molar-refractivity contribution in [2.75, 3.05) is 18.6 Å². The highest BCUT2D eigenvalue weighted by Crippen LogP contribution is 2.45. The van der Waals surface area contributed by atoms with Crippen molar-refractivity contribution in [3.8, 4) is 0 Å². The lowest BCUT2D eigenvalue weighted by Crippen LogP contribution is -2.10. The van der Waals surface area contributed by atoms with Gasteiger partial charge in [-0.05, 0) is 36.9 Å². The SMILES string of the molecule is CCCCCCCCC1CC1CC(O)CCSCCC(=O)OC. The molecule has 0 saturated heterocycles. The predicted octanol–water partition coefficient (Wildman–Crippen LogP) is 4.81. The Morgan fingerprint density at radius 1 is 1.17 bits per heavy atom. The number of thioether (sulfide) groups is 1. The number of ether oxygens (including phenoxy) is 1. The van der Waals surface area contributed by atoms with E-state index in [1.54, 1.807) is 11.8 Å². The topological polar surface area (TPSA) is 46.5 Å². The highest BCUT2D eigenvalue weighted by Gasteiger charge is 2.37. The molecular formula is C19H36O3S. The summed E-state index contributed by atoms with van der Waals surface area (Å²) >= 11 is 1.74. The van der Waals surface area contributed by atoms with Crippen LogP contribution in [0.25, 0.3) is 0 Å². The first kappa shape index (κ1) is 20.8. The quantitative estimate of drug-likeness (QED) is 0.342. The van der Waals surface area contributed by atoms with Crippen LogP contribution in [0.2, 0.25) is 0 Å². The number of hydrogen-bond acceptors (Lipinski definition) is 4. The van der Waals surface area contributed by atoms with Gasteiger partial charge in [-0.15, -0.1) is 0 Å². The summed E-state index contributed by atoms with van der Waals surface area (Å²) in [5.74, 6) is 3.26. The van der Waals surface area contributed by atoms with Crippen molar-refractivity contribution in [1.82, 2.24) is 0 Å². The van der Waals surface area contributed by atoms with Crippen LogP contribution in [0.4, 0.5) is 0 Å². The second-order valence-electron chi connectivity index (χ2n) is 6.93. The maximum Gasteiger partial charge on any atom is 0.306 e. The number of aliphatic hydroxyl groups is 1. The molecule has 0 aromatic rings. The van der Waals surface area contributed by atoms with Gasteiger partial charge in [0.15, 0.2) is 0 Å². The number of carbonyl (C=O) groups is 1. The zero-order valence-corrected chi connectivity index (χ0v) is 15.9. The molecule has 3 unspecified atom stereocenters. The van der Waals surface area contributed by atoms with Gasteiger partial charge in [0.2, 0.25) is 0 Å². The molecule has 3 atom stereocenters. The lowest BCUT2D eigenvalue weighted by atomic mass is 10.0. The number of hydrogen-bond donors (Lipinski definition) is 1. The Hall–Kier alpha value is -0.220. The molecule has 4 heteroatoms. The fraction of sp³-hybridized carbons (Fsp3) is 0.947. The summed E-state index contributed by atoms with van der Waals surface area (Å²) in [6.45, 7) is 2.26. The number of unbranched alkanes of at least 4 members (excludes halogenated alkanes) is 5. The van der Waals surface area contributed by atoms with Crippen LogP contribution in [0.1, 0.15) is 77.6 Å². The van der Waals surface area contributed by atoms with Crippen LogP contribution >= 0.6 is 11.8 Å². The number of aliphatic hydroxyl groups excluding tert-OH is 1. The van der Waals surface area contributed by atoms with Gasteiger partial charge in [-0.3, -0.25) is 4.79 Å². The Kier molecular flexibility index (Phi) is 11.9. The third kappa shape index (κ3) is 11.0. The molecule has 3 nitrogen and oxygen atoms in total. The van der Waals surface area contributed by atoms with Crippen molar-refractivity contribution in [3.05, 3.63) is 0 Å². The molecule has 23 heavy (non-hydrogen) atoms. The summed E-state index contributed by atoms with van der Waals surface area (Å²) in [6.07, 6.45) is 13.1. The van der Waals surface area contributed by atoms with E-state index >= 15 is 0 Å². The minimum Gasteiger partial charge on any atom is -0.469 e. The van der Waals surface area contributed by atoms with Crippen molar-refractivity contribution >= 4 is 17.7 Å². The normalized spacial score (nSPS) is 21.2. The molecule has 0 radical (unpaired) electrons. The lowest BCUT2D eigenvalue weighted by Gasteiger charge is -2.10. The van der Waals surface area contributed by atoms with Gasteiger partial charge in [0.1, 0.15) is 0 Å². The van der Waals surface area contributed by atoms with Crippen molar-refractivity contribution in [2.45, 2.75) is 83.7 Å². The summed E-state index contributed by atoms with van der Waals surface area (Å²) in [6, 6.07) is 0. The summed E-state index contributed by atoms with van der Waals surface area (Å²) in [4.78, 5) is 11.0. The first-order chi connectivity index (χ1) is 11.2. The lowest BCUT2D eigenvalue weighted by molar-refractivity contribution is -0.140. The molecule has 0 spiro atoms. The Bertz CT molecular complexity index is 309. The van der Waals surface area contributed by atoms with Crippen LogP contribution in [-0.4, -0.2) is 35.8 Å². The highest BCUT2D eigenvalue weighted by molar-refractivity contribution is 7.99. The fourth-order valence-electron chi connectivity index (χ4n) is 3.19. The van der Waals surface area contributed by atoms with Gasteiger partial charge in [0.25, 0.3) is 0 Å². The third-order valence-electron chi connectivity index (χ3n) is 4.85. The summed E-state index contributed by atoms with van der Waals surface area (Å²) in [7, 11) is 1.42. The Morgan fingerprint density at radius 2 is 1.91 bits per heavy atom. The number of methoxy groups -OCH3 is 1. The fourth-order valence-corrected chi connectivity index (χ4v) is 4.14. The van der Waals surface area contributed by atoms with E-state index in [4.69, 9.17) is 0 Å². The maximum atomic E-state index is 11.0. The van der Waals surface area contributed by atoms with E-state index < -0.39 is 0 Å². The van der Waals surface area contributed by atoms with Crippen molar-refractivity contribution in [2.24, 2.45) is 11.8 Å². The van der Waals surface area contributed by atoms with Gasteiger partial charge in [0.05, 0.1) is 19.6 Å². The maximum absolute atomic E-state index is 11.0. The largest absolute Gasteiger partial charge is 0.469 e. The molecule has 0 bridgehead atoms. The van der Waals surface area contributed by atoms with Gasteiger partial charge in [-0.2, -0.15) is 11.8 Å². The van der Waals surface area contributed by atoms with E-state index in [1.807, 2.05) is 0 Å². The van der Waals surface area contributed by atoms with E-state index in [1.165, 1.54) is 58.5 Å². The van der Waals surface area contributed by atoms with Gasteiger partial charge in [0, 0.05) is 5.75 Å². The van der Waals surface area contributed by atoms with E-state index in [9.17, 15) is 9.90 Å². The van der Waals surface area contributed by atoms with E-state index in [-0.39, 0.29) is 12.1 Å². The van der Waals surface area contributed by atoms with E-state index in [0.717, 1.165) is 36.2 Å². The summed E-state index contributed by atoms with van der Waals surface area (Å²) in [5.41, 5.74) is 0. The molecule has 1 fully saturated rings. The molecule has 1 saturated carbocycles.